The minimum atomic E-state index is -0.330. The summed E-state index contributed by atoms with van der Waals surface area (Å²) < 4.78 is 7.28. The number of hydrogen-bond acceptors (Lipinski definition) is 4. The molecule has 2 amide bonds. The third-order valence-electron chi connectivity index (χ3n) is 4.73. The van der Waals surface area contributed by atoms with Gasteiger partial charge in [0.15, 0.2) is 0 Å². The number of piperidine rings is 1. The van der Waals surface area contributed by atoms with Crippen molar-refractivity contribution in [3.8, 4) is 0 Å². The number of amides is 2. The molecule has 3 rings (SSSR count). The van der Waals surface area contributed by atoms with Crippen molar-refractivity contribution in [1.29, 1.82) is 0 Å². The quantitative estimate of drug-likeness (QED) is 0.928. The van der Waals surface area contributed by atoms with E-state index in [-0.39, 0.29) is 23.5 Å². The molecular weight excluding hydrogens is 320 g/mol. The number of urea groups is 1. The highest BCUT2D eigenvalue weighted by Crippen LogP contribution is 2.35. The van der Waals surface area contributed by atoms with E-state index in [1.807, 2.05) is 19.1 Å². The van der Waals surface area contributed by atoms with Crippen molar-refractivity contribution in [1.82, 2.24) is 14.5 Å². The fourth-order valence-electron chi connectivity index (χ4n) is 3.17. The van der Waals surface area contributed by atoms with Gasteiger partial charge in [-0.1, -0.05) is 13.8 Å². The molecule has 0 unspecified atom stereocenters. The molecule has 0 saturated carbocycles. The van der Waals surface area contributed by atoms with Crippen LogP contribution in [0.4, 0.5) is 10.6 Å². The van der Waals surface area contributed by atoms with Crippen LogP contribution in [0.5, 0.6) is 0 Å². The molecule has 2 aromatic rings. The second-order valence-electron chi connectivity index (χ2n) is 6.62. The van der Waals surface area contributed by atoms with Crippen molar-refractivity contribution in [2.75, 3.05) is 11.9 Å². The van der Waals surface area contributed by atoms with Crippen LogP contribution in [0, 0.1) is 5.92 Å². The van der Waals surface area contributed by atoms with Crippen molar-refractivity contribution >= 4 is 11.8 Å². The number of furan rings is 1. The van der Waals surface area contributed by atoms with Gasteiger partial charge in [0.25, 0.3) is 5.56 Å². The number of hydrogen-bond donors (Lipinski definition) is 1. The maximum Gasteiger partial charge on any atom is 0.323 e. The highest BCUT2D eigenvalue weighted by molar-refractivity contribution is 5.88. The van der Waals surface area contributed by atoms with Gasteiger partial charge in [0.05, 0.1) is 6.04 Å². The summed E-state index contributed by atoms with van der Waals surface area (Å²) in [6.45, 7) is 4.83. The van der Waals surface area contributed by atoms with Gasteiger partial charge >= 0.3 is 6.03 Å². The van der Waals surface area contributed by atoms with Gasteiger partial charge in [-0.3, -0.25) is 10.1 Å². The maximum atomic E-state index is 12.8. The van der Waals surface area contributed by atoms with Gasteiger partial charge in [-0.05, 0) is 30.9 Å². The molecule has 1 aliphatic rings. The molecule has 2 aromatic heterocycles. The van der Waals surface area contributed by atoms with Crippen LogP contribution in [0.25, 0.3) is 0 Å². The normalized spacial score (nSPS) is 20.5. The molecule has 0 aromatic carbocycles. The summed E-state index contributed by atoms with van der Waals surface area (Å²) in [5, 5.41) is 2.66. The first-order valence-corrected chi connectivity index (χ1v) is 8.67. The fraction of sp³-hybridized carbons (Fsp3) is 0.500. The van der Waals surface area contributed by atoms with Crippen LogP contribution in [0.2, 0.25) is 0 Å². The molecule has 3 heterocycles. The first-order valence-electron chi connectivity index (χ1n) is 8.67. The SMILES string of the molecule is CCc1ccc([C@H]2C[C@H](C)CCN2C(=O)Nc2nccn(C)c2=O)o1. The smallest absolute Gasteiger partial charge is 0.323 e. The van der Waals surface area contributed by atoms with Gasteiger partial charge in [0.2, 0.25) is 5.82 Å². The Hall–Kier alpha value is -2.57. The van der Waals surface area contributed by atoms with Crippen LogP contribution in [0.3, 0.4) is 0 Å². The molecular formula is C18H24N4O3. The van der Waals surface area contributed by atoms with E-state index in [2.05, 4.69) is 17.2 Å². The molecule has 7 heteroatoms. The summed E-state index contributed by atoms with van der Waals surface area (Å²) in [5.41, 5.74) is -0.330. The molecule has 7 nitrogen and oxygen atoms in total. The molecule has 0 spiro atoms. The second kappa shape index (κ2) is 7.13. The Balaban J connectivity index is 1.83. The topological polar surface area (TPSA) is 80.4 Å². The molecule has 25 heavy (non-hydrogen) atoms. The number of aromatic nitrogens is 2. The lowest BCUT2D eigenvalue weighted by Crippen LogP contribution is -2.43. The molecule has 2 atom stereocenters. The minimum absolute atomic E-state index is 0.0427. The van der Waals surface area contributed by atoms with Gasteiger partial charge in [0, 0.05) is 32.4 Å². The Labute approximate surface area is 146 Å². The van der Waals surface area contributed by atoms with Gasteiger partial charge in [0.1, 0.15) is 11.5 Å². The fourth-order valence-corrected chi connectivity index (χ4v) is 3.17. The van der Waals surface area contributed by atoms with Crippen molar-refractivity contribution in [2.24, 2.45) is 13.0 Å². The summed E-state index contributed by atoms with van der Waals surface area (Å²) in [5.74, 6) is 2.26. The first kappa shape index (κ1) is 17.3. The molecule has 0 radical (unpaired) electrons. The molecule has 1 saturated heterocycles. The van der Waals surface area contributed by atoms with Gasteiger partial charge < -0.3 is 13.9 Å². The lowest BCUT2D eigenvalue weighted by molar-refractivity contribution is 0.128. The van der Waals surface area contributed by atoms with Crippen molar-refractivity contribution in [3.05, 3.63) is 46.4 Å². The summed E-state index contributed by atoms with van der Waals surface area (Å²) in [6, 6.07) is 3.46. The number of likely N-dealkylation sites (tertiary alicyclic amines) is 1. The summed E-state index contributed by atoms with van der Waals surface area (Å²) >= 11 is 0. The zero-order chi connectivity index (χ0) is 18.0. The van der Waals surface area contributed by atoms with E-state index in [9.17, 15) is 9.59 Å². The van der Waals surface area contributed by atoms with Crippen LogP contribution < -0.4 is 10.9 Å². The van der Waals surface area contributed by atoms with E-state index in [1.54, 1.807) is 18.1 Å². The number of rotatable bonds is 3. The van der Waals surface area contributed by atoms with Gasteiger partial charge in [-0.25, -0.2) is 9.78 Å². The zero-order valence-corrected chi connectivity index (χ0v) is 14.9. The van der Waals surface area contributed by atoms with Gasteiger partial charge in [-0.15, -0.1) is 0 Å². The Morgan fingerprint density at radius 2 is 2.24 bits per heavy atom. The van der Waals surface area contributed by atoms with Gasteiger partial charge in [-0.2, -0.15) is 0 Å². The monoisotopic (exact) mass is 344 g/mol. The molecule has 1 aliphatic heterocycles. The largest absolute Gasteiger partial charge is 0.464 e. The lowest BCUT2D eigenvalue weighted by Gasteiger charge is -2.37. The van der Waals surface area contributed by atoms with E-state index in [0.717, 1.165) is 30.8 Å². The first-order chi connectivity index (χ1) is 12.0. The molecule has 1 fully saturated rings. The molecule has 134 valence electrons. The van der Waals surface area contributed by atoms with Crippen LogP contribution in [-0.2, 0) is 13.5 Å². The molecule has 0 bridgehead atoms. The second-order valence-corrected chi connectivity index (χ2v) is 6.62. The average molecular weight is 344 g/mol. The Kier molecular flexibility index (Phi) is 4.92. The van der Waals surface area contributed by atoms with Crippen molar-refractivity contribution in [2.45, 2.75) is 39.2 Å². The summed E-state index contributed by atoms with van der Waals surface area (Å²) in [6.07, 6.45) is 5.62. The summed E-state index contributed by atoms with van der Waals surface area (Å²) in [7, 11) is 1.63. The highest BCUT2D eigenvalue weighted by atomic mass is 16.3. The summed E-state index contributed by atoms with van der Waals surface area (Å²) in [4.78, 5) is 30.6. The number of carbonyl (C=O) groups excluding carboxylic acids is 1. The van der Waals surface area contributed by atoms with E-state index in [4.69, 9.17) is 4.42 Å². The molecule has 1 N–H and O–H groups in total. The number of aryl methyl sites for hydroxylation is 2. The Bertz CT molecular complexity index is 811. The minimum Gasteiger partial charge on any atom is -0.464 e. The maximum absolute atomic E-state index is 12.8. The molecule has 0 aliphatic carbocycles. The average Bonchev–Trinajstić information content (AvgIpc) is 3.08. The van der Waals surface area contributed by atoms with E-state index in [1.165, 1.54) is 10.8 Å². The predicted octanol–water partition coefficient (Wildman–Crippen LogP) is 2.94. The van der Waals surface area contributed by atoms with E-state index >= 15 is 0 Å². The number of nitrogens with one attached hydrogen (secondary N) is 1. The van der Waals surface area contributed by atoms with Crippen LogP contribution in [0.15, 0.2) is 33.7 Å². The number of nitrogens with zero attached hydrogens (tertiary/aromatic N) is 3. The third-order valence-corrected chi connectivity index (χ3v) is 4.73. The highest BCUT2D eigenvalue weighted by Gasteiger charge is 2.33. The number of anilines is 1. The number of carbonyl (C=O) groups is 1. The van der Waals surface area contributed by atoms with Crippen LogP contribution >= 0.6 is 0 Å². The third kappa shape index (κ3) is 3.60. The lowest BCUT2D eigenvalue weighted by atomic mass is 9.91. The van der Waals surface area contributed by atoms with Crippen LogP contribution in [-0.4, -0.2) is 27.0 Å². The standard InChI is InChI=1S/C18H24N4O3/c1-4-13-5-6-15(25-13)14-11-12(2)7-9-22(14)18(24)20-16-17(23)21(3)10-8-19-16/h5-6,8,10,12,14H,4,7,9,11H2,1-3H3,(H,19,20,24)/t12-,14-/m1/s1. The Morgan fingerprint density at radius 1 is 1.44 bits per heavy atom. The van der Waals surface area contributed by atoms with E-state index < -0.39 is 0 Å². The van der Waals surface area contributed by atoms with Crippen molar-refractivity contribution < 1.29 is 9.21 Å². The zero-order valence-electron chi connectivity index (χ0n) is 14.9. The predicted molar refractivity (Wildman–Crippen MR) is 94.4 cm³/mol. The van der Waals surface area contributed by atoms with Crippen molar-refractivity contribution in [3.63, 3.8) is 0 Å². The van der Waals surface area contributed by atoms with E-state index in [0.29, 0.717) is 12.5 Å². The Morgan fingerprint density at radius 3 is 2.96 bits per heavy atom. The van der Waals surface area contributed by atoms with Crippen LogP contribution in [0.1, 0.15) is 44.3 Å².